The Hall–Kier alpha value is -1.18. The third-order valence-corrected chi connectivity index (χ3v) is 7.33. The monoisotopic (exact) mass is 298 g/mol. The van der Waals surface area contributed by atoms with Crippen molar-refractivity contribution in [2.75, 3.05) is 0 Å². The number of carbonyl (C=O) groups is 2. The van der Waals surface area contributed by atoms with Gasteiger partial charge in [-0.2, -0.15) is 0 Å². The van der Waals surface area contributed by atoms with E-state index in [0.29, 0.717) is 47.6 Å². The van der Waals surface area contributed by atoms with E-state index in [-0.39, 0.29) is 5.41 Å². The second-order valence-electron chi connectivity index (χ2n) is 8.21. The number of hydrogen-bond acceptors (Lipinski definition) is 2. The van der Waals surface area contributed by atoms with Crippen LogP contribution in [0.2, 0.25) is 0 Å². The van der Waals surface area contributed by atoms with Crippen molar-refractivity contribution in [3.05, 3.63) is 24.3 Å². The fourth-order valence-corrected chi connectivity index (χ4v) is 6.32. The lowest BCUT2D eigenvalue weighted by molar-refractivity contribution is -0.132. The first-order chi connectivity index (χ1) is 10.5. The summed E-state index contributed by atoms with van der Waals surface area (Å²) in [6, 6.07) is 0. The van der Waals surface area contributed by atoms with Crippen molar-refractivity contribution in [3.8, 4) is 0 Å². The highest BCUT2D eigenvalue weighted by Crippen LogP contribution is 2.61. The summed E-state index contributed by atoms with van der Waals surface area (Å²) in [6.45, 7) is 6.31. The van der Waals surface area contributed by atoms with E-state index >= 15 is 0 Å². The highest BCUT2D eigenvalue weighted by atomic mass is 16.1. The van der Waals surface area contributed by atoms with Crippen LogP contribution in [0, 0.1) is 35.0 Å². The zero-order valence-electron chi connectivity index (χ0n) is 13.5. The summed E-state index contributed by atoms with van der Waals surface area (Å²) in [7, 11) is 0. The molecule has 0 heterocycles. The molecular formula is C20H26O2. The maximum Gasteiger partial charge on any atom is 0.139 e. The quantitative estimate of drug-likeness (QED) is 0.683. The molecule has 0 saturated heterocycles. The van der Waals surface area contributed by atoms with Crippen molar-refractivity contribution in [2.45, 2.75) is 51.9 Å². The van der Waals surface area contributed by atoms with E-state index in [1.54, 1.807) is 0 Å². The molecule has 22 heavy (non-hydrogen) atoms. The van der Waals surface area contributed by atoms with Crippen LogP contribution in [0.25, 0.3) is 0 Å². The van der Waals surface area contributed by atoms with Gasteiger partial charge in [0, 0.05) is 24.7 Å². The minimum absolute atomic E-state index is 0.115. The van der Waals surface area contributed by atoms with Gasteiger partial charge in [0.25, 0.3) is 0 Å². The molecule has 4 aliphatic rings. The van der Waals surface area contributed by atoms with Crippen molar-refractivity contribution in [1.29, 1.82) is 0 Å². The lowest BCUT2D eigenvalue weighted by Gasteiger charge is -2.54. The number of fused-ring (bicyclic) bond motifs is 5. The normalized spacial score (nSPS) is 47.3. The summed E-state index contributed by atoms with van der Waals surface area (Å²) in [5, 5.41) is 0. The van der Waals surface area contributed by atoms with E-state index in [4.69, 9.17) is 0 Å². The van der Waals surface area contributed by atoms with E-state index < -0.39 is 0 Å². The van der Waals surface area contributed by atoms with Gasteiger partial charge in [-0.05, 0) is 55.3 Å². The molecule has 4 rings (SSSR count). The molecule has 2 nitrogen and oxygen atoms in total. The van der Waals surface area contributed by atoms with E-state index in [9.17, 15) is 9.59 Å². The molecular weight excluding hydrogens is 272 g/mol. The van der Waals surface area contributed by atoms with Crippen LogP contribution >= 0.6 is 0 Å². The van der Waals surface area contributed by atoms with Gasteiger partial charge in [0.2, 0.25) is 0 Å². The molecule has 0 amide bonds. The lowest BCUT2D eigenvalue weighted by atomic mass is 9.49. The zero-order chi connectivity index (χ0) is 15.5. The molecule has 0 aromatic carbocycles. The molecule has 118 valence electrons. The van der Waals surface area contributed by atoms with E-state index in [2.05, 4.69) is 25.7 Å². The molecule has 3 fully saturated rings. The molecule has 0 radical (unpaired) electrons. The summed E-state index contributed by atoms with van der Waals surface area (Å²) in [5.41, 5.74) is 1.29. The van der Waals surface area contributed by atoms with Gasteiger partial charge in [-0.15, -0.1) is 6.58 Å². The van der Waals surface area contributed by atoms with E-state index in [1.807, 2.05) is 0 Å². The maximum atomic E-state index is 12.5. The number of ketones is 2. The van der Waals surface area contributed by atoms with Gasteiger partial charge in [-0.1, -0.05) is 24.6 Å². The first-order valence-corrected chi connectivity index (χ1v) is 8.91. The average molecular weight is 298 g/mol. The van der Waals surface area contributed by atoms with Gasteiger partial charge in [0.1, 0.15) is 11.6 Å². The van der Waals surface area contributed by atoms with Crippen LogP contribution in [0.3, 0.4) is 0 Å². The van der Waals surface area contributed by atoms with Crippen LogP contribution < -0.4 is 0 Å². The Balaban J connectivity index is 1.73. The second kappa shape index (κ2) is 4.91. The van der Waals surface area contributed by atoms with Gasteiger partial charge < -0.3 is 0 Å². The van der Waals surface area contributed by atoms with Crippen LogP contribution in [0.15, 0.2) is 24.3 Å². The molecule has 0 aliphatic heterocycles. The molecule has 3 saturated carbocycles. The molecule has 0 spiro atoms. The van der Waals surface area contributed by atoms with Gasteiger partial charge in [0.15, 0.2) is 0 Å². The largest absolute Gasteiger partial charge is 0.299 e. The third kappa shape index (κ3) is 1.85. The molecule has 6 atom stereocenters. The van der Waals surface area contributed by atoms with Gasteiger partial charge in [0.05, 0.1) is 0 Å². The van der Waals surface area contributed by atoms with Crippen molar-refractivity contribution in [1.82, 2.24) is 0 Å². The summed E-state index contributed by atoms with van der Waals surface area (Å²) in [6.07, 6.45) is 10.8. The Labute approximate surface area is 133 Å². The molecule has 0 bridgehead atoms. The number of allylic oxidation sites excluding steroid dienone is 3. The molecule has 0 aromatic heterocycles. The summed E-state index contributed by atoms with van der Waals surface area (Å²) < 4.78 is 0. The number of rotatable bonds is 1. The van der Waals surface area contributed by atoms with Crippen molar-refractivity contribution in [3.63, 3.8) is 0 Å². The van der Waals surface area contributed by atoms with Crippen LogP contribution in [-0.4, -0.2) is 11.6 Å². The van der Waals surface area contributed by atoms with Crippen LogP contribution in [0.4, 0.5) is 0 Å². The van der Waals surface area contributed by atoms with Crippen LogP contribution in [0.1, 0.15) is 51.9 Å². The fraction of sp³-hybridized carbons (Fsp3) is 0.700. The van der Waals surface area contributed by atoms with Crippen molar-refractivity contribution in [2.24, 2.45) is 35.0 Å². The Morgan fingerprint density at radius 2 is 2.09 bits per heavy atom. The van der Waals surface area contributed by atoms with Gasteiger partial charge >= 0.3 is 0 Å². The molecule has 2 heteroatoms. The van der Waals surface area contributed by atoms with E-state index in [1.165, 1.54) is 5.57 Å². The smallest absolute Gasteiger partial charge is 0.139 e. The van der Waals surface area contributed by atoms with Gasteiger partial charge in [-0.25, -0.2) is 0 Å². The third-order valence-electron chi connectivity index (χ3n) is 7.33. The first-order valence-electron chi connectivity index (χ1n) is 8.91. The second-order valence-corrected chi connectivity index (χ2v) is 8.21. The lowest BCUT2D eigenvalue weighted by Crippen LogP contribution is -2.50. The van der Waals surface area contributed by atoms with Crippen molar-refractivity contribution >= 4 is 11.6 Å². The summed E-state index contributed by atoms with van der Waals surface area (Å²) in [4.78, 5) is 24.3. The Morgan fingerprint density at radius 1 is 1.27 bits per heavy atom. The molecule has 0 unspecified atom stereocenters. The number of Topliss-reactive ketones (excluding diaryl/α,β-unsaturated/α-hetero) is 2. The standard InChI is InChI=1S/C20H26O2/c1-3-12-11-20(2)17(8-9-18(20)22)16-6-4-13-10-14(21)5-7-15(13)19(12)16/h3-4,12,15-17,19H,1,5-11H2,2H3/t12-,15-,16-,17-,19+,20-/m0/s1. The fourth-order valence-electron chi connectivity index (χ4n) is 6.32. The summed E-state index contributed by atoms with van der Waals surface area (Å²) >= 11 is 0. The average Bonchev–Trinajstić information content (AvgIpc) is 2.81. The number of carbonyl (C=O) groups excluding carboxylic acids is 2. The van der Waals surface area contributed by atoms with Crippen molar-refractivity contribution < 1.29 is 9.59 Å². The topological polar surface area (TPSA) is 34.1 Å². The number of hydrogen-bond donors (Lipinski definition) is 0. The first kappa shape index (κ1) is 14.4. The SMILES string of the molecule is C=C[C@H]1C[C@]2(C)C(=O)CC[C@H]2[C@@H]2CC=C3CC(=O)CC[C@@H]3[C@H]21. The summed E-state index contributed by atoms with van der Waals surface area (Å²) in [5.74, 6) is 3.69. The van der Waals surface area contributed by atoms with Crippen LogP contribution in [-0.2, 0) is 9.59 Å². The predicted molar refractivity (Wildman–Crippen MR) is 86.2 cm³/mol. The Bertz CT molecular complexity index is 572. The molecule has 0 aromatic rings. The van der Waals surface area contributed by atoms with E-state index in [0.717, 1.165) is 38.5 Å². The predicted octanol–water partition coefficient (Wildman–Crippen LogP) is 4.11. The highest BCUT2D eigenvalue weighted by molar-refractivity contribution is 5.87. The maximum absolute atomic E-state index is 12.5. The zero-order valence-corrected chi connectivity index (χ0v) is 13.5. The molecule has 0 N–H and O–H groups in total. The Morgan fingerprint density at radius 3 is 2.86 bits per heavy atom. The minimum Gasteiger partial charge on any atom is -0.299 e. The van der Waals surface area contributed by atoms with Crippen LogP contribution in [0.5, 0.6) is 0 Å². The highest BCUT2D eigenvalue weighted by Gasteiger charge is 2.58. The van der Waals surface area contributed by atoms with Gasteiger partial charge in [-0.3, -0.25) is 9.59 Å². The minimum atomic E-state index is -0.115. The Kier molecular flexibility index (Phi) is 3.22. The molecule has 4 aliphatic carbocycles.